The maximum atomic E-state index is 13.3. The highest BCUT2D eigenvalue weighted by molar-refractivity contribution is 6.47. The maximum Gasteiger partial charge on any atom is 0.278 e. The molecule has 0 saturated heterocycles. The maximum absolute atomic E-state index is 13.3. The number of nitrogens with zero attached hydrogens (tertiary/aromatic N) is 1. The zero-order valence-corrected chi connectivity index (χ0v) is 19.2. The molecule has 0 fully saturated rings. The summed E-state index contributed by atoms with van der Waals surface area (Å²) in [4.78, 5) is 38.7. The number of hydrogen-bond acceptors (Lipinski definition) is 4. The van der Waals surface area contributed by atoms with Gasteiger partial charge in [-0.2, -0.15) is 0 Å². The summed E-state index contributed by atoms with van der Waals surface area (Å²) >= 11 is 11.9. The first-order valence-corrected chi connectivity index (χ1v) is 11.0. The third-order valence-corrected chi connectivity index (χ3v) is 5.80. The van der Waals surface area contributed by atoms with Gasteiger partial charge in [-0.05, 0) is 41.5 Å². The third kappa shape index (κ3) is 5.11. The molecule has 0 aromatic heterocycles. The van der Waals surface area contributed by atoms with Crippen LogP contribution in [0.4, 0.5) is 10.1 Å². The molecular weight excluding hydrogens is 480 g/mol. The molecule has 172 valence electrons. The van der Waals surface area contributed by atoms with Gasteiger partial charge in [-0.1, -0.05) is 65.7 Å². The van der Waals surface area contributed by atoms with E-state index in [1.807, 2.05) is 30.3 Å². The topological polar surface area (TPSA) is 78.5 Å². The highest BCUT2D eigenvalue weighted by atomic mass is 35.5. The fraction of sp³-hybridized carbons (Fsp3) is 0.0800. The fourth-order valence-corrected chi connectivity index (χ4v) is 3.78. The minimum Gasteiger partial charge on any atom is -0.375 e. The van der Waals surface area contributed by atoms with Crippen LogP contribution in [0, 0.1) is 5.82 Å². The molecule has 0 saturated carbocycles. The second-order valence-electron chi connectivity index (χ2n) is 7.50. The molecule has 0 atom stereocenters. The number of anilines is 1. The first-order valence-electron chi connectivity index (χ1n) is 10.2. The second-order valence-corrected chi connectivity index (χ2v) is 8.29. The SMILES string of the molecule is O=C(Nc1ccc(F)c(Cl)c1)c1ccc(CNC2=C(Cl)C(=O)N(Cc3ccccc3)C2=O)cc1. The Morgan fingerprint density at radius 2 is 1.59 bits per heavy atom. The van der Waals surface area contributed by atoms with Crippen molar-refractivity contribution in [3.8, 4) is 0 Å². The van der Waals surface area contributed by atoms with Crippen LogP contribution in [-0.4, -0.2) is 22.6 Å². The van der Waals surface area contributed by atoms with Crippen LogP contribution in [-0.2, 0) is 22.7 Å². The highest BCUT2D eigenvalue weighted by Crippen LogP contribution is 2.24. The van der Waals surface area contributed by atoms with Crippen LogP contribution in [0.25, 0.3) is 0 Å². The average Bonchev–Trinajstić information content (AvgIpc) is 3.04. The molecule has 2 N–H and O–H groups in total. The second kappa shape index (κ2) is 10.1. The predicted octanol–water partition coefficient (Wildman–Crippen LogP) is 4.84. The van der Waals surface area contributed by atoms with E-state index in [2.05, 4.69) is 10.6 Å². The molecule has 0 unspecified atom stereocenters. The van der Waals surface area contributed by atoms with Gasteiger partial charge in [0.1, 0.15) is 16.5 Å². The summed E-state index contributed by atoms with van der Waals surface area (Å²) in [6, 6.07) is 19.7. The van der Waals surface area contributed by atoms with Crippen LogP contribution in [0.2, 0.25) is 5.02 Å². The summed E-state index contributed by atoms with van der Waals surface area (Å²) in [6.45, 7) is 0.349. The molecule has 3 aromatic carbocycles. The van der Waals surface area contributed by atoms with Gasteiger partial charge < -0.3 is 10.6 Å². The minimum absolute atomic E-state index is 0.0394. The summed E-state index contributed by atoms with van der Waals surface area (Å²) in [5, 5.41) is 5.33. The zero-order valence-electron chi connectivity index (χ0n) is 17.6. The molecule has 6 nitrogen and oxygen atoms in total. The van der Waals surface area contributed by atoms with Crippen LogP contribution < -0.4 is 10.6 Å². The van der Waals surface area contributed by atoms with Gasteiger partial charge in [0.2, 0.25) is 0 Å². The largest absolute Gasteiger partial charge is 0.375 e. The van der Waals surface area contributed by atoms with Crippen LogP contribution >= 0.6 is 23.2 Å². The Kier molecular flexibility index (Phi) is 6.95. The molecule has 4 rings (SSSR count). The van der Waals surface area contributed by atoms with E-state index in [1.54, 1.807) is 24.3 Å². The molecular formula is C25H18Cl2FN3O3. The zero-order chi connectivity index (χ0) is 24.2. The quantitative estimate of drug-likeness (QED) is 0.457. The number of imide groups is 1. The normalized spacial score (nSPS) is 13.4. The number of carbonyl (C=O) groups is 3. The number of rotatable bonds is 7. The van der Waals surface area contributed by atoms with E-state index in [1.165, 1.54) is 18.2 Å². The van der Waals surface area contributed by atoms with Crippen LogP contribution in [0.5, 0.6) is 0 Å². The molecule has 0 spiro atoms. The van der Waals surface area contributed by atoms with Crippen molar-refractivity contribution in [1.82, 2.24) is 10.2 Å². The molecule has 9 heteroatoms. The van der Waals surface area contributed by atoms with E-state index in [9.17, 15) is 18.8 Å². The highest BCUT2D eigenvalue weighted by Gasteiger charge is 2.37. The standard InChI is InChI=1S/C25H18Cl2FN3O3/c26-19-12-18(10-11-20(19)28)30-23(32)17-8-6-15(7-9-17)13-29-22-21(27)24(33)31(25(22)34)14-16-4-2-1-3-5-16/h1-12,29H,13-14H2,(H,30,32). The lowest BCUT2D eigenvalue weighted by atomic mass is 10.1. The van der Waals surface area contributed by atoms with Gasteiger partial charge in [-0.25, -0.2) is 4.39 Å². The minimum atomic E-state index is -0.572. The van der Waals surface area contributed by atoms with Crippen molar-refractivity contribution >= 4 is 46.6 Å². The van der Waals surface area contributed by atoms with E-state index >= 15 is 0 Å². The lowest BCUT2D eigenvalue weighted by molar-refractivity contribution is -0.138. The Balaban J connectivity index is 1.37. The molecule has 1 aliphatic rings. The van der Waals surface area contributed by atoms with E-state index in [4.69, 9.17) is 23.2 Å². The van der Waals surface area contributed by atoms with E-state index in [0.29, 0.717) is 11.3 Å². The Labute approximate surface area is 205 Å². The molecule has 1 aliphatic heterocycles. The van der Waals surface area contributed by atoms with E-state index in [-0.39, 0.29) is 34.7 Å². The molecule has 0 bridgehead atoms. The number of halogens is 3. The molecule has 3 amide bonds. The predicted molar refractivity (Wildman–Crippen MR) is 128 cm³/mol. The van der Waals surface area contributed by atoms with Crippen LogP contribution in [0.1, 0.15) is 21.5 Å². The fourth-order valence-electron chi connectivity index (χ4n) is 3.35. The lowest BCUT2D eigenvalue weighted by Crippen LogP contribution is -2.33. The van der Waals surface area contributed by atoms with Gasteiger partial charge in [0, 0.05) is 17.8 Å². The van der Waals surface area contributed by atoms with Crippen molar-refractivity contribution in [3.63, 3.8) is 0 Å². The number of amides is 3. The summed E-state index contributed by atoms with van der Waals surface area (Å²) in [5.74, 6) is -2.00. The summed E-state index contributed by atoms with van der Waals surface area (Å²) < 4.78 is 13.3. The van der Waals surface area contributed by atoms with Crippen molar-refractivity contribution < 1.29 is 18.8 Å². The number of carbonyl (C=O) groups excluding carboxylic acids is 3. The van der Waals surface area contributed by atoms with Crippen molar-refractivity contribution in [3.05, 3.63) is 111 Å². The van der Waals surface area contributed by atoms with Gasteiger partial charge in [0.05, 0.1) is 11.6 Å². The lowest BCUT2D eigenvalue weighted by Gasteiger charge is -2.15. The van der Waals surface area contributed by atoms with Crippen molar-refractivity contribution in [2.24, 2.45) is 0 Å². The summed E-state index contributed by atoms with van der Waals surface area (Å²) in [5.41, 5.74) is 2.36. The molecule has 1 heterocycles. The Morgan fingerprint density at radius 3 is 2.26 bits per heavy atom. The smallest absolute Gasteiger partial charge is 0.278 e. The Morgan fingerprint density at radius 1 is 0.882 bits per heavy atom. The van der Waals surface area contributed by atoms with Crippen LogP contribution in [0.15, 0.2) is 83.5 Å². The Bertz CT molecular complexity index is 1290. The van der Waals surface area contributed by atoms with Gasteiger partial charge in [0.25, 0.3) is 17.7 Å². The van der Waals surface area contributed by atoms with Crippen LogP contribution in [0.3, 0.4) is 0 Å². The number of benzene rings is 3. The van der Waals surface area contributed by atoms with Gasteiger partial charge in [0.15, 0.2) is 0 Å². The first-order chi connectivity index (χ1) is 16.3. The average molecular weight is 498 g/mol. The van der Waals surface area contributed by atoms with Crippen molar-refractivity contribution in [2.75, 3.05) is 5.32 Å². The molecule has 34 heavy (non-hydrogen) atoms. The van der Waals surface area contributed by atoms with E-state index in [0.717, 1.165) is 16.0 Å². The molecule has 3 aromatic rings. The Hall–Kier alpha value is -3.68. The van der Waals surface area contributed by atoms with Crippen molar-refractivity contribution in [2.45, 2.75) is 13.1 Å². The summed E-state index contributed by atoms with van der Waals surface area (Å²) in [7, 11) is 0. The molecule has 0 aliphatic carbocycles. The van der Waals surface area contributed by atoms with Gasteiger partial charge >= 0.3 is 0 Å². The number of hydrogen-bond donors (Lipinski definition) is 2. The monoisotopic (exact) mass is 497 g/mol. The van der Waals surface area contributed by atoms with Gasteiger partial charge in [-0.3, -0.25) is 19.3 Å². The van der Waals surface area contributed by atoms with Crippen molar-refractivity contribution in [1.29, 1.82) is 0 Å². The molecule has 0 radical (unpaired) electrons. The summed E-state index contributed by atoms with van der Waals surface area (Å²) in [6.07, 6.45) is 0. The van der Waals surface area contributed by atoms with Gasteiger partial charge in [-0.15, -0.1) is 0 Å². The number of nitrogens with one attached hydrogen (secondary N) is 2. The van der Waals surface area contributed by atoms with E-state index < -0.39 is 17.6 Å². The first kappa shape index (κ1) is 23.5. The third-order valence-electron chi connectivity index (χ3n) is 5.16.